The molecular formula is C13H17BN4O2. The first kappa shape index (κ1) is 8.54. The maximum atomic E-state index is 8.13. The fraction of sp³-hybridized carbons (Fsp3) is 0.462. The average Bonchev–Trinajstić information content (AvgIpc) is 2.84. The van der Waals surface area contributed by atoms with Crippen LogP contribution in [0.25, 0.3) is 5.95 Å². The molecule has 2 aromatic heterocycles. The van der Waals surface area contributed by atoms with Crippen molar-refractivity contribution >= 4 is 12.6 Å². The summed E-state index contributed by atoms with van der Waals surface area (Å²) in [6.45, 7) is 7.43. The normalized spacial score (nSPS) is 23.8. The van der Waals surface area contributed by atoms with Crippen LogP contribution in [0.3, 0.4) is 0 Å². The highest BCUT2D eigenvalue weighted by atomic mass is 16.7. The zero-order chi connectivity index (χ0) is 18.7. The van der Waals surface area contributed by atoms with Crippen LogP contribution in [0.4, 0.5) is 0 Å². The van der Waals surface area contributed by atoms with Crippen molar-refractivity contribution in [3.63, 3.8) is 0 Å². The van der Waals surface area contributed by atoms with Crippen molar-refractivity contribution in [2.45, 2.75) is 38.9 Å². The first-order valence-electron chi connectivity index (χ1n) is 8.68. The highest BCUT2D eigenvalue weighted by Gasteiger charge is 2.51. The van der Waals surface area contributed by atoms with Crippen molar-refractivity contribution in [1.29, 1.82) is 0 Å². The Kier molecular flexibility index (Phi) is 1.88. The van der Waals surface area contributed by atoms with Gasteiger partial charge in [-0.1, -0.05) is 0 Å². The number of rotatable bonds is 2. The molecule has 0 spiro atoms. The third-order valence-electron chi connectivity index (χ3n) is 3.60. The summed E-state index contributed by atoms with van der Waals surface area (Å²) in [6.07, 6.45) is -1.36. The SMILES string of the molecule is [2H]c1nn(-c2nc([2H])c(B3OC(C)(C)C(C)(C)O3)c([2H])n2)c([2H])c1[2H]. The summed E-state index contributed by atoms with van der Waals surface area (Å²) in [7, 11) is -0.953. The molecule has 0 aromatic carbocycles. The maximum absolute atomic E-state index is 8.13. The lowest BCUT2D eigenvalue weighted by Gasteiger charge is -2.32. The summed E-state index contributed by atoms with van der Waals surface area (Å²) >= 11 is 0. The molecule has 0 radical (unpaired) electrons. The van der Waals surface area contributed by atoms with Crippen LogP contribution in [0.1, 0.15) is 34.5 Å². The molecule has 7 heteroatoms. The summed E-state index contributed by atoms with van der Waals surface area (Å²) in [5, 5.41) is 3.69. The molecule has 6 nitrogen and oxygen atoms in total. The van der Waals surface area contributed by atoms with Crippen LogP contribution in [-0.4, -0.2) is 38.1 Å². The van der Waals surface area contributed by atoms with Gasteiger partial charge in [-0.25, -0.2) is 14.6 Å². The second-order valence-electron chi connectivity index (χ2n) is 5.51. The quantitative estimate of drug-likeness (QED) is 0.765. The van der Waals surface area contributed by atoms with Gasteiger partial charge in [-0.05, 0) is 33.7 Å². The van der Waals surface area contributed by atoms with Gasteiger partial charge in [0, 0.05) is 30.2 Å². The van der Waals surface area contributed by atoms with Gasteiger partial charge in [0.2, 0.25) is 5.95 Å². The minimum atomic E-state index is -0.953. The molecule has 1 aliphatic heterocycles. The summed E-state index contributed by atoms with van der Waals surface area (Å²) < 4.78 is 51.6. The molecule has 104 valence electrons. The molecule has 0 amide bonds. The number of aromatic nitrogens is 4. The van der Waals surface area contributed by atoms with Gasteiger partial charge in [-0.15, -0.1) is 0 Å². The first-order chi connectivity index (χ1) is 11.4. The van der Waals surface area contributed by atoms with Gasteiger partial charge in [0.05, 0.1) is 18.1 Å². The predicted molar refractivity (Wildman–Crippen MR) is 74.9 cm³/mol. The van der Waals surface area contributed by atoms with E-state index < -0.39 is 24.5 Å². The summed E-state index contributed by atoms with van der Waals surface area (Å²) in [6, 6.07) is -0.378. The fourth-order valence-corrected chi connectivity index (χ4v) is 1.70. The van der Waals surface area contributed by atoms with Gasteiger partial charge in [0.25, 0.3) is 0 Å². The third-order valence-corrected chi connectivity index (χ3v) is 3.60. The Morgan fingerprint density at radius 3 is 2.25 bits per heavy atom. The van der Waals surface area contributed by atoms with Gasteiger partial charge in [-0.2, -0.15) is 5.10 Å². The number of hydrogen-bond donors (Lipinski definition) is 0. The molecule has 20 heavy (non-hydrogen) atoms. The van der Waals surface area contributed by atoms with E-state index in [1.807, 2.05) is 27.7 Å². The second kappa shape index (κ2) is 4.39. The molecule has 3 heterocycles. The number of hydrogen-bond acceptors (Lipinski definition) is 5. The van der Waals surface area contributed by atoms with Crippen LogP contribution >= 0.6 is 0 Å². The minimum absolute atomic E-state index is 0.0817. The third kappa shape index (κ3) is 2.12. The van der Waals surface area contributed by atoms with Crippen molar-refractivity contribution < 1.29 is 16.2 Å². The Hall–Kier alpha value is -1.73. The molecule has 1 saturated heterocycles. The summed E-state index contributed by atoms with van der Waals surface area (Å²) in [5.41, 5.74) is -1.18. The van der Waals surface area contributed by atoms with Gasteiger partial charge in [-0.3, -0.25) is 0 Å². The molecule has 1 fully saturated rings. The molecule has 0 bridgehead atoms. The van der Waals surface area contributed by atoms with Crippen molar-refractivity contribution in [2.24, 2.45) is 0 Å². The van der Waals surface area contributed by atoms with Crippen LogP contribution in [0, 0.1) is 0 Å². The van der Waals surface area contributed by atoms with Crippen LogP contribution in [0.15, 0.2) is 30.7 Å². The zero-order valence-electron chi connectivity index (χ0n) is 16.7. The van der Waals surface area contributed by atoms with Crippen molar-refractivity contribution in [1.82, 2.24) is 19.7 Å². The van der Waals surface area contributed by atoms with Crippen molar-refractivity contribution in [3.05, 3.63) is 30.7 Å². The molecule has 0 aliphatic carbocycles. The molecule has 1 aliphatic rings. The largest absolute Gasteiger partial charge is 0.498 e. The van der Waals surface area contributed by atoms with Gasteiger partial charge in [0.1, 0.15) is 0 Å². The van der Waals surface area contributed by atoms with E-state index in [9.17, 15) is 0 Å². The summed E-state index contributed by atoms with van der Waals surface area (Å²) in [5.74, 6) is -0.215. The molecule has 0 saturated carbocycles. The lowest BCUT2D eigenvalue weighted by atomic mass is 9.81. The second-order valence-corrected chi connectivity index (χ2v) is 5.51. The van der Waals surface area contributed by atoms with E-state index in [-0.39, 0.29) is 36.0 Å². The van der Waals surface area contributed by atoms with E-state index in [1.165, 1.54) is 0 Å². The van der Waals surface area contributed by atoms with Crippen LogP contribution in [-0.2, 0) is 9.31 Å². The summed E-state index contributed by atoms with van der Waals surface area (Å²) in [4.78, 5) is 7.90. The molecule has 0 unspecified atom stereocenters. The Morgan fingerprint density at radius 1 is 1.15 bits per heavy atom. The lowest BCUT2D eigenvalue weighted by molar-refractivity contribution is 0.00578. The van der Waals surface area contributed by atoms with E-state index in [2.05, 4.69) is 15.1 Å². The Bertz CT molecular complexity index is 818. The molecule has 3 rings (SSSR count). The standard InChI is InChI=1S/C13H17BN4O2/c1-12(2)13(3,4)20-14(19-12)10-8-15-11(16-9-10)18-7-5-6-17-18/h5-9H,1-4H3/i5D,6D,7D,8D,9D. The van der Waals surface area contributed by atoms with Crippen molar-refractivity contribution in [2.75, 3.05) is 0 Å². The fourth-order valence-electron chi connectivity index (χ4n) is 1.70. The molecular weight excluding hydrogens is 255 g/mol. The van der Waals surface area contributed by atoms with E-state index in [0.717, 1.165) is 4.68 Å². The van der Waals surface area contributed by atoms with Crippen LogP contribution < -0.4 is 5.46 Å². The average molecular weight is 277 g/mol. The Labute approximate surface area is 125 Å². The number of nitrogens with zero attached hydrogens (tertiary/aromatic N) is 4. The van der Waals surface area contributed by atoms with E-state index >= 15 is 0 Å². The zero-order valence-corrected chi connectivity index (χ0v) is 11.7. The molecule has 2 aromatic rings. The Morgan fingerprint density at radius 2 is 1.75 bits per heavy atom. The van der Waals surface area contributed by atoms with Crippen LogP contribution in [0.2, 0.25) is 0 Å². The Balaban J connectivity index is 2.04. The van der Waals surface area contributed by atoms with Crippen LogP contribution in [0.5, 0.6) is 0 Å². The maximum Gasteiger partial charge on any atom is 0.498 e. The topological polar surface area (TPSA) is 62.1 Å². The van der Waals surface area contributed by atoms with Crippen molar-refractivity contribution in [3.8, 4) is 5.95 Å². The van der Waals surface area contributed by atoms with Gasteiger partial charge in [0.15, 0.2) is 0 Å². The molecule has 0 N–H and O–H groups in total. The van der Waals surface area contributed by atoms with E-state index in [4.69, 9.17) is 16.2 Å². The molecule has 0 atom stereocenters. The highest BCUT2D eigenvalue weighted by molar-refractivity contribution is 6.61. The lowest BCUT2D eigenvalue weighted by Crippen LogP contribution is -2.41. The first-order valence-corrected chi connectivity index (χ1v) is 6.18. The smallest absolute Gasteiger partial charge is 0.399 e. The highest BCUT2D eigenvalue weighted by Crippen LogP contribution is 2.36. The minimum Gasteiger partial charge on any atom is -0.399 e. The van der Waals surface area contributed by atoms with Gasteiger partial charge < -0.3 is 9.31 Å². The van der Waals surface area contributed by atoms with Gasteiger partial charge >= 0.3 is 7.12 Å². The van der Waals surface area contributed by atoms with E-state index in [1.54, 1.807) is 0 Å². The van der Waals surface area contributed by atoms with E-state index in [0.29, 0.717) is 0 Å². The predicted octanol–water partition coefficient (Wildman–Crippen LogP) is 0.961. The monoisotopic (exact) mass is 277 g/mol.